The molecule has 1 saturated heterocycles. The summed E-state index contributed by atoms with van der Waals surface area (Å²) in [5, 5.41) is 13.1. The largest absolute Gasteiger partial charge is 0.481 e. The van der Waals surface area contributed by atoms with Gasteiger partial charge < -0.3 is 20.1 Å². The maximum absolute atomic E-state index is 13.6. The highest BCUT2D eigenvalue weighted by Gasteiger charge is 2.51. The summed E-state index contributed by atoms with van der Waals surface area (Å²) in [4.78, 5) is 17.9. The van der Waals surface area contributed by atoms with E-state index in [0.29, 0.717) is 25.1 Å². The fraction of sp³-hybridized carbons (Fsp3) is 0.739. The van der Waals surface area contributed by atoms with E-state index in [9.17, 15) is 14.3 Å². The third kappa shape index (κ3) is 6.64. The lowest BCUT2D eigenvalue weighted by Gasteiger charge is -2.42. The molecule has 0 aromatic rings. The van der Waals surface area contributed by atoms with Gasteiger partial charge in [-0.3, -0.25) is 4.79 Å². The van der Waals surface area contributed by atoms with E-state index in [1.807, 2.05) is 6.92 Å². The molecule has 0 amide bonds. The van der Waals surface area contributed by atoms with Crippen molar-refractivity contribution in [3.8, 4) is 0 Å². The van der Waals surface area contributed by atoms with Crippen molar-refractivity contribution in [2.75, 3.05) is 32.8 Å². The topological polar surface area (TPSA) is 74.2 Å². The first-order valence-corrected chi connectivity index (χ1v) is 11.2. The highest BCUT2D eigenvalue weighted by Crippen LogP contribution is 2.47. The third-order valence-corrected chi connectivity index (χ3v) is 6.56. The second-order valence-electron chi connectivity index (χ2n) is 9.28. The highest BCUT2D eigenvalue weighted by molar-refractivity contribution is 5.78. The normalized spacial score (nSPS) is 24.2. The van der Waals surface area contributed by atoms with Crippen LogP contribution >= 0.6 is 0 Å². The number of likely N-dealkylation sites (tertiary alicyclic amines) is 1. The van der Waals surface area contributed by atoms with Crippen LogP contribution in [-0.2, 0) is 9.53 Å². The summed E-state index contributed by atoms with van der Waals surface area (Å²) in [6.45, 7) is 7.58. The van der Waals surface area contributed by atoms with Gasteiger partial charge in [-0.1, -0.05) is 13.0 Å². The molecular weight excluding hydrogens is 385 g/mol. The molecule has 0 radical (unpaired) electrons. The first kappa shape index (κ1) is 22.9. The van der Waals surface area contributed by atoms with Gasteiger partial charge in [-0.15, -0.1) is 0 Å². The van der Waals surface area contributed by atoms with E-state index in [-0.39, 0.29) is 11.2 Å². The van der Waals surface area contributed by atoms with E-state index in [0.717, 1.165) is 51.7 Å². The summed E-state index contributed by atoms with van der Waals surface area (Å²) in [6.07, 6.45) is 11.1. The quantitative estimate of drug-likeness (QED) is 0.301. The van der Waals surface area contributed by atoms with Crippen molar-refractivity contribution in [1.29, 1.82) is 0 Å². The summed E-state index contributed by atoms with van der Waals surface area (Å²) < 4.78 is 19.6. The standard InChI is InChI=1S/C23H36FN3O3/c1-3-4-5-19(24)14-25-18(2)30-17-22(15-26-20-6-7-20)10-12-27(13-11-22)16-23(8-9-23)21(28)29/h4-5,14,20,26H,3,6-13,15-17H2,1-2H3,(H,28,29)/b5-4+,19-14+,25-18+. The van der Waals surface area contributed by atoms with Gasteiger partial charge in [-0.25, -0.2) is 9.38 Å². The van der Waals surface area contributed by atoms with Crippen LogP contribution in [-0.4, -0.2) is 60.7 Å². The first-order valence-electron chi connectivity index (χ1n) is 11.2. The molecule has 0 aromatic carbocycles. The van der Waals surface area contributed by atoms with Crippen LogP contribution in [0.5, 0.6) is 0 Å². The monoisotopic (exact) mass is 421 g/mol. The number of aliphatic imine (C=N–C) groups is 1. The Hall–Kier alpha value is -1.73. The lowest BCUT2D eigenvalue weighted by Crippen LogP contribution is -2.49. The minimum atomic E-state index is -0.654. The fourth-order valence-electron chi connectivity index (χ4n) is 3.95. The molecule has 3 fully saturated rings. The molecule has 0 aromatic heterocycles. The number of carboxylic acids is 1. The Kier molecular flexibility index (Phi) is 7.69. The number of allylic oxidation sites excluding steroid dienone is 3. The number of hydrogen-bond donors (Lipinski definition) is 2. The SMILES string of the molecule is CC/C=C/C(F)=C\N=C(/C)OCC1(CNC2CC2)CCN(CC2(C(=O)O)CC2)CC1. The minimum absolute atomic E-state index is 0.000179. The average Bonchev–Trinajstić information content (AvgIpc) is 3.65. The molecule has 2 N–H and O–H groups in total. The zero-order chi connectivity index (χ0) is 21.6. The van der Waals surface area contributed by atoms with Crippen LogP contribution in [0.2, 0.25) is 0 Å². The molecule has 2 saturated carbocycles. The highest BCUT2D eigenvalue weighted by atomic mass is 19.1. The van der Waals surface area contributed by atoms with Crippen LogP contribution in [0, 0.1) is 10.8 Å². The van der Waals surface area contributed by atoms with Gasteiger partial charge in [0.15, 0.2) is 5.90 Å². The van der Waals surface area contributed by atoms with Crippen LogP contribution in [0.3, 0.4) is 0 Å². The average molecular weight is 422 g/mol. The van der Waals surface area contributed by atoms with Crippen LogP contribution in [0.25, 0.3) is 0 Å². The predicted octanol–water partition coefficient (Wildman–Crippen LogP) is 3.90. The molecule has 30 heavy (non-hydrogen) atoms. The lowest BCUT2D eigenvalue weighted by molar-refractivity contribution is -0.144. The van der Waals surface area contributed by atoms with Crippen molar-refractivity contribution in [1.82, 2.24) is 10.2 Å². The molecule has 3 rings (SSSR count). The maximum Gasteiger partial charge on any atom is 0.310 e. The molecular formula is C23H36FN3O3. The Morgan fingerprint density at radius 1 is 1.30 bits per heavy atom. The molecule has 7 heteroatoms. The number of piperidine rings is 1. The molecule has 1 heterocycles. The van der Waals surface area contributed by atoms with Crippen molar-refractivity contribution in [2.45, 2.75) is 64.8 Å². The number of halogens is 1. The van der Waals surface area contributed by atoms with Crippen molar-refractivity contribution >= 4 is 11.9 Å². The van der Waals surface area contributed by atoms with Gasteiger partial charge in [0.1, 0.15) is 5.83 Å². The van der Waals surface area contributed by atoms with Gasteiger partial charge in [0.25, 0.3) is 0 Å². The molecule has 1 aliphatic heterocycles. The van der Waals surface area contributed by atoms with Crippen molar-refractivity contribution in [3.05, 3.63) is 24.2 Å². The van der Waals surface area contributed by atoms with Gasteiger partial charge in [0, 0.05) is 31.5 Å². The van der Waals surface area contributed by atoms with E-state index >= 15 is 0 Å². The Bertz CT molecular complexity index is 688. The van der Waals surface area contributed by atoms with Gasteiger partial charge >= 0.3 is 5.97 Å². The van der Waals surface area contributed by atoms with Crippen LogP contribution in [0.15, 0.2) is 29.2 Å². The summed E-state index contributed by atoms with van der Waals surface area (Å²) >= 11 is 0. The Balaban J connectivity index is 1.53. The molecule has 0 spiro atoms. The predicted molar refractivity (Wildman–Crippen MR) is 116 cm³/mol. The van der Waals surface area contributed by atoms with E-state index in [1.165, 1.54) is 25.1 Å². The molecule has 3 aliphatic rings. The zero-order valence-corrected chi connectivity index (χ0v) is 18.3. The second-order valence-corrected chi connectivity index (χ2v) is 9.28. The number of carbonyl (C=O) groups is 1. The third-order valence-electron chi connectivity index (χ3n) is 6.56. The van der Waals surface area contributed by atoms with Crippen LogP contribution in [0.4, 0.5) is 4.39 Å². The molecule has 0 unspecified atom stereocenters. The summed E-state index contributed by atoms with van der Waals surface area (Å²) in [6, 6.07) is 0.624. The van der Waals surface area contributed by atoms with E-state index in [4.69, 9.17) is 4.74 Å². The van der Waals surface area contributed by atoms with Crippen molar-refractivity contribution < 1.29 is 19.0 Å². The summed E-state index contributed by atoms with van der Waals surface area (Å²) in [5.74, 6) is -0.573. The molecule has 0 bridgehead atoms. The number of nitrogens with zero attached hydrogens (tertiary/aromatic N) is 2. The van der Waals surface area contributed by atoms with Gasteiger partial charge in [0.2, 0.25) is 0 Å². The number of nitrogens with one attached hydrogen (secondary N) is 1. The number of ether oxygens (including phenoxy) is 1. The number of carboxylic acid groups (broad SMARTS) is 1. The van der Waals surface area contributed by atoms with E-state index < -0.39 is 11.4 Å². The maximum atomic E-state index is 13.6. The van der Waals surface area contributed by atoms with Crippen LogP contribution < -0.4 is 5.32 Å². The Morgan fingerprint density at radius 3 is 2.57 bits per heavy atom. The number of hydrogen-bond acceptors (Lipinski definition) is 5. The van der Waals surface area contributed by atoms with E-state index in [2.05, 4.69) is 15.2 Å². The van der Waals surface area contributed by atoms with E-state index in [1.54, 1.807) is 13.0 Å². The van der Waals surface area contributed by atoms with Gasteiger partial charge in [-0.05, 0) is 64.1 Å². The fourth-order valence-corrected chi connectivity index (χ4v) is 3.95. The molecule has 0 atom stereocenters. The van der Waals surface area contributed by atoms with Gasteiger partial charge in [-0.2, -0.15) is 0 Å². The van der Waals surface area contributed by atoms with Crippen molar-refractivity contribution in [3.63, 3.8) is 0 Å². The molecule has 2 aliphatic carbocycles. The summed E-state index contributed by atoms with van der Waals surface area (Å²) in [5.41, 5.74) is -0.505. The Labute approximate surface area is 179 Å². The number of aliphatic carboxylic acids is 1. The van der Waals surface area contributed by atoms with Crippen molar-refractivity contribution in [2.24, 2.45) is 15.8 Å². The Morgan fingerprint density at radius 2 is 2.00 bits per heavy atom. The smallest absolute Gasteiger partial charge is 0.310 e. The lowest BCUT2D eigenvalue weighted by atomic mass is 9.78. The molecule has 6 nitrogen and oxygen atoms in total. The first-order chi connectivity index (χ1) is 14.4. The summed E-state index contributed by atoms with van der Waals surface area (Å²) in [7, 11) is 0. The minimum Gasteiger partial charge on any atom is -0.481 e. The second kappa shape index (κ2) is 10.1. The number of rotatable bonds is 11. The zero-order valence-electron chi connectivity index (χ0n) is 18.3. The van der Waals surface area contributed by atoms with Crippen LogP contribution in [0.1, 0.15) is 58.8 Å². The molecule has 168 valence electrons. The van der Waals surface area contributed by atoms with Gasteiger partial charge in [0.05, 0.1) is 18.2 Å².